The maximum absolute atomic E-state index is 12.4. The summed E-state index contributed by atoms with van der Waals surface area (Å²) in [6.07, 6.45) is 0.503. The molecule has 0 amide bonds. The van der Waals surface area contributed by atoms with Gasteiger partial charge in [-0.25, -0.2) is 9.59 Å². The Morgan fingerprint density at radius 3 is 1.63 bits per heavy atom. The molecule has 2 aromatic heterocycles. The first-order valence-electron chi connectivity index (χ1n) is 14.8. The number of aliphatic hydroxyl groups excluding tert-OH is 4. The lowest BCUT2D eigenvalue weighted by Crippen LogP contribution is -2.27. The molecular formula is C34H37BrN2O12. The Morgan fingerprint density at radius 2 is 1.16 bits per heavy atom. The minimum absolute atomic E-state index is 0.0804. The third-order valence-corrected chi connectivity index (χ3v) is 7.34. The lowest BCUT2D eigenvalue weighted by Gasteiger charge is -2.18. The van der Waals surface area contributed by atoms with Gasteiger partial charge in [0.25, 0.3) is 0 Å². The predicted octanol–water partition coefficient (Wildman–Crippen LogP) is 1.90. The Morgan fingerprint density at radius 1 is 0.714 bits per heavy atom. The van der Waals surface area contributed by atoms with Crippen LogP contribution in [0.5, 0.6) is 11.5 Å². The SMILES string of the molecule is COC(=O)c1c(OCc2ccccc2)c(=O)c(Br)cn1CC(O)CO.COC(=O)c1c(OCc2ccccc2)c(=O)ccn1CC(O)CO. The monoisotopic (exact) mass is 744 g/mol. The smallest absolute Gasteiger partial charge is 0.358 e. The highest BCUT2D eigenvalue weighted by Gasteiger charge is 2.25. The number of carbonyl (C=O) groups is 2. The molecule has 4 aromatic rings. The topological polar surface area (TPSA) is 196 Å². The van der Waals surface area contributed by atoms with Gasteiger partial charge in [-0.05, 0) is 27.1 Å². The van der Waals surface area contributed by atoms with Crippen LogP contribution in [-0.2, 0) is 35.8 Å². The Bertz CT molecular complexity index is 1800. The summed E-state index contributed by atoms with van der Waals surface area (Å²) >= 11 is 3.13. The van der Waals surface area contributed by atoms with Crippen molar-refractivity contribution in [2.24, 2.45) is 0 Å². The first kappa shape index (κ1) is 38.6. The molecule has 4 N–H and O–H groups in total. The molecule has 2 atom stereocenters. The molecule has 0 fully saturated rings. The van der Waals surface area contributed by atoms with Crippen molar-refractivity contribution in [2.75, 3.05) is 27.4 Å². The molecule has 2 unspecified atom stereocenters. The van der Waals surface area contributed by atoms with E-state index in [9.17, 15) is 29.4 Å². The number of ether oxygens (including phenoxy) is 4. The average Bonchev–Trinajstić information content (AvgIpc) is 3.12. The van der Waals surface area contributed by atoms with Crippen LogP contribution in [0.2, 0.25) is 0 Å². The minimum Gasteiger partial charge on any atom is -0.482 e. The van der Waals surface area contributed by atoms with E-state index in [1.807, 2.05) is 60.7 Å². The summed E-state index contributed by atoms with van der Waals surface area (Å²) in [5.41, 5.74) is 0.442. The van der Waals surface area contributed by atoms with Crippen LogP contribution in [0.25, 0.3) is 0 Å². The average molecular weight is 746 g/mol. The summed E-state index contributed by atoms with van der Waals surface area (Å²) in [4.78, 5) is 48.8. The third kappa shape index (κ3) is 10.9. The molecule has 0 aliphatic heterocycles. The van der Waals surface area contributed by atoms with E-state index in [2.05, 4.69) is 15.9 Å². The second-order valence-electron chi connectivity index (χ2n) is 10.4. The second-order valence-corrected chi connectivity index (χ2v) is 11.2. The quantitative estimate of drug-likeness (QED) is 0.137. The maximum atomic E-state index is 12.4. The van der Waals surface area contributed by atoms with Crippen LogP contribution in [0, 0.1) is 0 Å². The van der Waals surface area contributed by atoms with Gasteiger partial charge in [-0.15, -0.1) is 0 Å². The minimum atomic E-state index is -1.11. The first-order chi connectivity index (χ1) is 23.5. The van der Waals surface area contributed by atoms with Gasteiger partial charge in [0.2, 0.25) is 10.9 Å². The van der Waals surface area contributed by atoms with E-state index in [0.717, 1.165) is 11.1 Å². The summed E-state index contributed by atoms with van der Waals surface area (Å²) in [5.74, 6) is -1.88. The second kappa shape index (κ2) is 19.3. The fraction of sp³-hybridized carbons (Fsp3) is 0.294. The number of hydrogen-bond donors (Lipinski definition) is 4. The van der Waals surface area contributed by atoms with Gasteiger partial charge < -0.3 is 48.5 Å². The molecule has 0 aliphatic rings. The summed E-state index contributed by atoms with van der Waals surface area (Å²) in [6.45, 7) is -0.979. The maximum Gasteiger partial charge on any atom is 0.358 e. The molecule has 262 valence electrons. The van der Waals surface area contributed by atoms with Crippen LogP contribution >= 0.6 is 15.9 Å². The van der Waals surface area contributed by atoms with Crippen molar-refractivity contribution < 1.29 is 49.0 Å². The number of halogens is 1. The molecule has 2 aromatic carbocycles. The highest BCUT2D eigenvalue weighted by atomic mass is 79.9. The molecule has 0 aliphatic carbocycles. The number of esters is 2. The molecular weight excluding hydrogens is 708 g/mol. The molecule has 0 saturated heterocycles. The van der Waals surface area contributed by atoms with Gasteiger partial charge >= 0.3 is 11.9 Å². The Hall–Kier alpha value is -4.80. The van der Waals surface area contributed by atoms with Crippen LogP contribution in [0.4, 0.5) is 0 Å². The molecule has 15 heteroatoms. The van der Waals surface area contributed by atoms with Gasteiger partial charge in [0.05, 0.1) is 57.2 Å². The van der Waals surface area contributed by atoms with Crippen LogP contribution in [0.3, 0.4) is 0 Å². The number of aliphatic hydroxyl groups is 4. The van der Waals surface area contributed by atoms with E-state index in [0.29, 0.717) is 0 Å². The molecule has 0 saturated carbocycles. The molecule has 0 bridgehead atoms. The van der Waals surface area contributed by atoms with Crippen LogP contribution in [0.1, 0.15) is 32.1 Å². The Labute approximate surface area is 289 Å². The fourth-order valence-electron chi connectivity index (χ4n) is 4.37. The van der Waals surface area contributed by atoms with E-state index in [1.165, 1.54) is 41.8 Å². The standard InChI is InChI=1S/C17H18BrNO6.C17H19NO6/c1-24-17(23)14-16(25-10-11-5-3-2-4-6-11)15(22)13(18)8-19(14)7-12(21)9-20;1-23-17(22)15-16(24-11-12-5-3-2-4-6-12)14(21)7-8-18(15)9-13(20)10-19/h2-6,8,12,20-21H,7,9-10H2,1H3;2-8,13,19-20H,9-11H2,1H3. The number of aromatic nitrogens is 2. The number of hydrogen-bond acceptors (Lipinski definition) is 12. The van der Waals surface area contributed by atoms with Gasteiger partial charge in [0, 0.05) is 18.5 Å². The van der Waals surface area contributed by atoms with Crippen molar-refractivity contribution in [1.29, 1.82) is 0 Å². The summed E-state index contributed by atoms with van der Waals surface area (Å²) in [5, 5.41) is 37.3. The molecule has 2 heterocycles. The molecule has 0 spiro atoms. The molecule has 49 heavy (non-hydrogen) atoms. The summed E-state index contributed by atoms with van der Waals surface area (Å²) in [7, 11) is 2.37. The lowest BCUT2D eigenvalue weighted by atomic mass is 10.2. The van der Waals surface area contributed by atoms with Crippen molar-refractivity contribution in [3.8, 4) is 11.5 Å². The zero-order chi connectivity index (χ0) is 35.9. The summed E-state index contributed by atoms with van der Waals surface area (Å²) < 4.78 is 23.4. The van der Waals surface area contributed by atoms with Crippen molar-refractivity contribution in [2.45, 2.75) is 38.5 Å². The largest absolute Gasteiger partial charge is 0.482 e. The number of methoxy groups -OCH3 is 2. The number of carbonyl (C=O) groups excluding carboxylic acids is 2. The zero-order valence-electron chi connectivity index (χ0n) is 26.7. The molecule has 0 radical (unpaired) electrons. The number of benzene rings is 2. The number of nitrogens with zero attached hydrogens (tertiary/aromatic N) is 2. The fourth-order valence-corrected chi connectivity index (χ4v) is 4.80. The highest BCUT2D eigenvalue weighted by molar-refractivity contribution is 9.10. The van der Waals surface area contributed by atoms with Crippen molar-refractivity contribution in [3.05, 3.63) is 127 Å². The molecule has 4 rings (SSSR count). The van der Waals surface area contributed by atoms with E-state index >= 15 is 0 Å². The first-order valence-corrected chi connectivity index (χ1v) is 15.6. The Kier molecular flexibility index (Phi) is 15.2. The van der Waals surface area contributed by atoms with Gasteiger partial charge in [0.15, 0.2) is 22.9 Å². The number of pyridine rings is 2. The lowest BCUT2D eigenvalue weighted by molar-refractivity contribution is 0.0548. The van der Waals surface area contributed by atoms with Crippen LogP contribution in [0.15, 0.2) is 93.2 Å². The van der Waals surface area contributed by atoms with Gasteiger partial charge in [-0.3, -0.25) is 9.59 Å². The van der Waals surface area contributed by atoms with Gasteiger partial charge in [-0.2, -0.15) is 0 Å². The van der Waals surface area contributed by atoms with Gasteiger partial charge in [0.1, 0.15) is 13.2 Å². The molecule has 14 nitrogen and oxygen atoms in total. The predicted molar refractivity (Wildman–Crippen MR) is 180 cm³/mol. The van der Waals surface area contributed by atoms with Gasteiger partial charge in [-0.1, -0.05) is 60.7 Å². The van der Waals surface area contributed by atoms with E-state index in [1.54, 1.807) is 0 Å². The van der Waals surface area contributed by atoms with Crippen molar-refractivity contribution in [1.82, 2.24) is 9.13 Å². The zero-order valence-corrected chi connectivity index (χ0v) is 28.3. The summed E-state index contributed by atoms with van der Waals surface area (Å²) in [6, 6.07) is 19.6. The van der Waals surface area contributed by atoms with E-state index in [-0.39, 0.29) is 53.7 Å². The number of rotatable bonds is 14. The van der Waals surface area contributed by atoms with Crippen molar-refractivity contribution in [3.63, 3.8) is 0 Å². The van der Waals surface area contributed by atoms with Crippen LogP contribution in [-0.4, -0.2) is 81.1 Å². The van der Waals surface area contributed by atoms with Crippen LogP contribution < -0.4 is 20.3 Å². The third-order valence-electron chi connectivity index (χ3n) is 6.77. The Balaban J connectivity index is 0.000000266. The normalized spacial score (nSPS) is 11.8. The van der Waals surface area contributed by atoms with E-state index in [4.69, 9.17) is 29.2 Å². The highest BCUT2D eigenvalue weighted by Crippen LogP contribution is 2.21. The van der Waals surface area contributed by atoms with E-state index < -0.39 is 48.2 Å². The van der Waals surface area contributed by atoms with Crippen molar-refractivity contribution >= 4 is 27.9 Å².